The second kappa shape index (κ2) is 9.18. The lowest BCUT2D eigenvalue weighted by atomic mass is 9.97. The maximum Gasteiger partial charge on any atom is 0.245 e. The monoisotopic (exact) mass is 446 g/mol. The summed E-state index contributed by atoms with van der Waals surface area (Å²) in [5, 5.41) is 17.7. The van der Waals surface area contributed by atoms with Gasteiger partial charge in [-0.25, -0.2) is 4.39 Å². The normalized spacial score (nSPS) is 25.5. The average Bonchev–Trinajstić information content (AvgIpc) is 3.15. The second-order valence-electron chi connectivity index (χ2n) is 8.14. The Morgan fingerprint density at radius 2 is 2.06 bits per heavy atom. The SMILES string of the molecule is CN/C(=C1/C=CNC1=N)N1CCC[C@@H](N2CCCC(Nc3cc(F)cc(Cl)c3)C2=O)C1. The van der Waals surface area contributed by atoms with Crippen LogP contribution in [0, 0.1) is 11.2 Å². The molecule has 0 spiro atoms. The fraction of sp³-hybridized carbons (Fsp3) is 0.455. The summed E-state index contributed by atoms with van der Waals surface area (Å²) >= 11 is 5.96. The van der Waals surface area contributed by atoms with Gasteiger partial charge in [-0.3, -0.25) is 10.2 Å². The van der Waals surface area contributed by atoms with E-state index in [2.05, 4.69) is 20.9 Å². The summed E-state index contributed by atoms with van der Waals surface area (Å²) in [6.07, 6.45) is 7.17. The van der Waals surface area contributed by atoms with Gasteiger partial charge >= 0.3 is 0 Å². The first kappa shape index (κ1) is 21.5. The number of hydrogen-bond donors (Lipinski definition) is 4. The van der Waals surface area contributed by atoms with Gasteiger partial charge in [0, 0.05) is 49.6 Å². The van der Waals surface area contributed by atoms with Crippen molar-refractivity contribution in [3.63, 3.8) is 0 Å². The molecule has 9 heteroatoms. The number of nitrogens with zero attached hydrogens (tertiary/aromatic N) is 2. The summed E-state index contributed by atoms with van der Waals surface area (Å²) in [7, 11) is 1.86. The van der Waals surface area contributed by atoms with E-state index in [-0.39, 0.29) is 18.0 Å². The van der Waals surface area contributed by atoms with Crippen LogP contribution in [0.5, 0.6) is 0 Å². The second-order valence-corrected chi connectivity index (χ2v) is 8.57. The number of anilines is 1. The molecule has 3 heterocycles. The zero-order valence-electron chi connectivity index (χ0n) is 17.5. The van der Waals surface area contributed by atoms with Crippen molar-refractivity contribution in [1.82, 2.24) is 20.4 Å². The van der Waals surface area contributed by atoms with E-state index in [1.807, 2.05) is 18.0 Å². The maximum absolute atomic E-state index is 13.7. The third-order valence-corrected chi connectivity index (χ3v) is 6.29. The van der Waals surface area contributed by atoms with Gasteiger partial charge in [0.25, 0.3) is 0 Å². The van der Waals surface area contributed by atoms with Crippen LogP contribution >= 0.6 is 11.6 Å². The molecule has 3 aliphatic heterocycles. The number of piperidine rings is 2. The Morgan fingerprint density at radius 1 is 1.26 bits per heavy atom. The van der Waals surface area contributed by atoms with Gasteiger partial charge in [-0.15, -0.1) is 0 Å². The van der Waals surface area contributed by atoms with E-state index in [0.29, 0.717) is 29.5 Å². The van der Waals surface area contributed by atoms with Gasteiger partial charge in [0.15, 0.2) is 0 Å². The highest BCUT2D eigenvalue weighted by atomic mass is 35.5. The molecule has 1 amide bonds. The van der Waals surface area contributed by atoms with E-state index in [0.717, 1.165) is 43.7 Å². The van der Waals surface area contributed by atoms with Crippen molar-refractivity contribution in [3.05, 3.63) is 52.7 Å². The smallest absolute Gasteiger partial charge is 0.245 e. The van der Waals surface area contributed by atoms with Crippen molar-refractivity contribution in [2.45, 2.75) is 37.8 Å². The molecule has 0 radical (unpaired) electrons. The Kier molecular flexibility index (Phi) is 6.36. The van der Waals surface area contributed by atoms with Crippen molar-refractivity contribution in [2.75, 3.05) is 32.0 Å². The largest absolute Gasteiger partial charge is 0.374 e. The number of benzene rings is 1. The standard InChI is InChI=1S/C22H28ClFN6O/c1-26-21(18-6-7-27-20(18)25)29-8-2-4-17(13-29)30-9-3-5-19(22(30)31)28-16-11-14(23)10-15(24)12-16/h6-7,10-12,17,19,26,28H,2-5,8-9,13H2,1H3,(H2,25,27)/b21-18+/t17-,19?/m1/s1. The van der Waals surface area contributed by atoms with Gasteiger partial charge in [0.2, 0.25) is 5.91 Å². The molecule has 0 saturated carbocycles. The van der Waals surface area contributed by atoms with Gasteiger partial charge in [-0.05, 0) is 50.0 Å². The number of rotatable bonds is 5. The highest BCUT2D eigenvalue weighted by Gasteiger charge is 2.36. The first-order chi connectivity index (χ1) is 15.0. The van der Waals surface area contributed by atoms with E-state index >= 15 is 0 Å². The summed E-state index contributed by atoms with van der Waals surface area (Å²) in [4.78, 5) is 17.5. The predicted octanol–water partition coefficient (Wildman–Crippen LogP) is 2.87. The van der Waals surface area contributed by atoms with Crippen molar-refractivity contribution in [3.8, 4) is 0 Å². The minimum absolute atomic E-state index is 0.0484. The van der Waals surface area contributed by atoms with Crippen LogP contribution in [-0.2, 0) is 4.79 Å². The molecule has 0 aromatic heterocycles. The van der Waals surface area contributed by atoms with Crippen LogP contribution in [0.4, 0.5) is 10.1 Å². The van der Waals surface area contributed by atoms with Crippen LogP contribution < -0.4 is 16.0 Å². The lowest BCUT2D eigenvalue weighted by molar-refractivity contribution is -0.137. The van der Waals surface area contributed by atoms with Gasteiger partial charge < -0.3 is 25.8 Å². The number of amides is 1. The lowest BCUT2D eigenvalue weighted by Gasteiger charge is -2.44. The Labute approximate surface area is 186 Å². The lowest BCUT2D eigenvalue weighted by Crippen LogP contribution is -2.56. The van der Waals surface area contributed by atoms with Gasteiger partial charge in [-0.1, -0.05) is 11.6 Å². The number of nitrogens with one attached hydrogen (secondary N) is 4. The van der Waals surface area contributed by atoms with Crippen molar-refractivity contribution in [1.29, 1.82) is 5.41 Å². The molecule has 31 heavy (non-hydrogen) atoms. The van der Waals surface area contributed by atoms with Crippen LogP contribution in [0.15, 0.2) is 41.9 Å². The Balaban J connectivity index is 1.47. The van der Waals surface area contributed by atoms with Crippen LogP contribution in [0.2, 0.25) is 5.02 Å². The summed E-state index contributed by atoms with van der Waals surface area (Å²) in [5.74, 6) is 0.905. The minimum Gasteiger partial charge on any atom is -0.374 e. The fourth-order valence-corrected chi connectivity index (χ4v) is 4.90. The third kappa shape index (κ3) is 4.63. The zero-order valence-corrected chi connectivity index (χ0v) is 18.3. The zero-order chi connectivity index (χ0) is 22.0. The number of carbonyl (C=O) groups is 1. The molecular weight excluding hydrogens is 419 g/mol. The summed E-state index contributed by atoms with van der Waals surface area (Å²) in [6, 6.07) is 3.96. The molecule has 1 aromatic carbocycles. The maximum atomic E-state index is 13.7. The molecule has 4 rings (SSSR count). The highest BCUT2D eigenvalue weighted by molar-refractivity contribution is 6.30. The summed E-state index contributed by atoms with van der Waals surface area (Å²) in [5.41, 5.74) is 1.35. The molecule has 2 fully saturated rings. The van der Waals surface area contributed by atoms with Crippen molar-refractivity contribution < 1.29 is 9.18 Å². The number of carbonyl (C=O) groups excluding carboxylic acids is 1. The Morgan fingerprint density at radius 3 is 2.77 bits per heavy atom. The summed E-state index contributed by atoms with van der Waals surface area (Å²) < 4.78 is 13.7. The Hall–Kier alpha value is -2.74. The van der Waals surface area contributed by atoms with Crippen molar-refractivity contribution in [2.24, 2.45) is 0 Å². The first-order valence-corrected chi connectivity index (χ1v) is 11.1. The molecule has 0 aliphatic carbocycles. The van der Waals surface area contributed by atoms with Crippen LogP contribution in [0.25, 0.3) is 0 Å². The molecule has 7 nitrogen and oxygen atoms in total. The van der Waals surface area contributed by atoms with Gasteiger partial charge in [-0.2, -0.15) is 0 Å². The van der Waals surface area contributed by atoms with E-state index in [1.165, 1.54) is 12.1 Å². The number of amidine groups is 1. The number of likely N-dealkylation sites (tertiary alicyclic amines) is 2. The molecule has 4 N–H and O–H groups in total. The Bertz CT molecular complexity index is 912. The van der Waals surface area contributed by atoms with E-state index < -0.39 is 5.82 Å². The third-order valence-electron chi connectivity index (χ3n) is 6.07. The summed E-state index contributed by atoms with van der Waals surface area (Å²) in [6.45, 7) is 2.32. The highest BCUT2D eigenvalue weighted by Crippen LogP contribution is 2.27. The topological polar surface area (TPSA) is 83.5 Å². The molecule has 3 aliphatic rings. The van der Waals surface area contributed by atoms with E-state index in [4.69, 9.17) is 17.0 Å². The molecule has 1 aromatic rings. The molecule has 166 valence electrons. The van der Waals surface area contributed by atoms with Crippen LogP contribution in [0.1, 0.15) is 25.7 Å². The fourth-order valence-electron chi connectivity index (χ4n) is 4.68. The number of halogens is 2. The molecule has 2 atom stereocenters. The number of hydrogen-bond acceptors (Lipinski definition) is 5. The molecule has 2 saturated heterocycles. The predicted molar refractivity (Wildman–Crippen MR) is 120 cm³/mol. The minimum atomic E-state index is -0.424. The van der Waals surface area contributed by atoms with E-state index in [1.54, 1.807) is 12.3 Å². The van der Waals surface area contributed by atoms with Gasteiger partial charge in [0.1, 0.15) is 23.5 Å². The molecule has 1 unspecified atom stereocenters. The first-order valence-electron chi connectivity index (χ1n) is 10.7. The quantitative estimate of drug-likeness (QED) is 0.559. The average molecular weight is 447 g/mol. The molecular formula is C22H28ClFN6O. The molecule has 0 bridgehead atoms. The van der Waals surface area contributed by atoms with Crippen LogP contribution in [0.3, 0.4) is 0 Å². The van der Waals surface area contributed by atoms with Gasteiger partial charge in [0.05, 0.1) is 5.57 Å². The van der Waals surface area contributed by atoms with Crippen molar-refractivity contribution >= 4 is 29.0 Å². The van der Waals surface area contributed by atoms with Crippen LogP contribution in [-0.4, -0.2) is 60.3 Å². The van der Waals surface area contributed by atoms with E-state index in [9.17, 15) is 9.18 Å².